The molecule has 1 aromatic heterocycles. The number of fused-ring (bicyclic) bond motifs is 2. The first kappa shape index (κ1) is 24.1. The van der Waals surface area contributed by atoms with Gasteiger partial charge < -0.3 is 5.32 Å². The van der Waals surface area contributed by atoms with Crippen molar-refractivity contribution in [2.75, 3.05) is 25.4 Å². The number of rotatable bonds is 10. The van der Waals surface area contributed by atoms with Crippen LogP contribution in [0.2, 0.25) is 5.02 Å². The van der Waals surface area contributed by atoms with Crippen molar-refractivity contribution in [2.24, 2.45) is 0 Å². The number of aromatic nitrogens is 1. The molecule has 33 heavy (non-hydrogen) atoms. The molecule has 0 fully saturated rings. The second-order valence-corrected chi connectivity index (χ2v) is 10.0. The molecule has 0 spiro atoms. The predicted molar refractivity (Wildman–Crippen MR) is 139 cm³/mol. The van der Waals surface area contributed by atoms with Gasteiger partial charge in [-0.15, -0.1) is 11.8 Å². The number of amides is 1. The highest BCUT2D eigenvalue weighted by Gasteiger charge is 2.19. The monoisotopic (exact) mass is 481 g/mol. The molecule has 0 saturated heterocycles. The minimum absolute atomic E-state index is 0.0858. The first-order chi connectivity index (χ1) is 16.1. The molecule has 1 amide bonds. The van der Waals surface area contributed by atoms with Gasteiger partial charge in [0, 0.05) is 40.6 Å². The van der Waals surface area contributed by atoms with Crippen molar-refractivity contribution in [2.45, 2.75) is 50.5 Å². The summed E-state index contributed by atoms with van der Waals surface area (Å²) in [7, 11) is 0. The summed E-state index contributed by atoms with van der Waals surface area (Å²) in [6, 6.07) is 16.4. The van der Waals surface area contributed by atoms with Gasteiger partial charge in [0.2, 0.25) is 5.91 Å². The average molecular weight is 482 g/mol. The second-order valence-electron chi connectivity index (χ2n) is 8.58. The van der Waals surface area contributed by atoms with Crippen LogP contribution in [-0.2, 0) is 24.2 Å². The number of halogens is 1. The summed E-state index contributed by atoms with van der Waals surface area (Å²) in [5, 5.41) is 4.89. The fourth-order valence-electron chi connectivity index (χ4n) is 4.43. The fourth-order valence-corrected chi connectivity index (χ4v) is 5.69. The SMILES string of the molecule is CCN(CCCNC(=O)CSc1c2c(nc3ccc(Cl)cc13)CCCC2)Cc1ccccc1. The number of carbonyl (C=O) groups is 1. The summed E-state index contributed by atoms with van der Waals surface area (Å²) in [6.07, 6.45) is 5.36. The van der Waals surface area contributed by atoms with Crippen LogP contribution in [0.25, 0.3) is 10.9 Å². The lowest BCUT2D eigenvalue weighted by atomic mass is 9.94. The smallest absolute Gasteiger partial charge is 0.230 e. The zero-order valence-electron chi connectivity index (χ0n) is 19.3. The third kappa shape index (κ3) is 6.50. The van der Waals surface area contributed by atoms with E-state index in [-0.39, 0.29) is 5.91 Å². The standard InChI is InChI=1S/C27H32ClN3OS/c1-2-31(18-20-9-4-3-5-10-20)16-8-15-29-26(32)19-33-27-22-11-6-7-12-24(22)30-25-14-13-21(28)17-23(25)27/h3-5,9-10,13-14,17H,2,6-8,11-12,15-16,18-19H2,1H3,(H,29,32). The van der Waals surface area contributed by atoms with Crippen molar-refractivity contribution in [3.63, 3.8) is 0 Å². The van der Waals surface area contributed by atoms with Gasteiger partial charge in [0.1, 0.15) is 0 Å². The van der Waals surface area contributed by atoms with E-state index in [1.807, 2.05) is 24.3 Å². The number of hydrogen-bond acceptors (Lipinski definition) is 4. The Hall–Kier alpha value is -2.08. The Bertz CT molecular complexity index is 1090. The molecule has 4 nitrogen and oxygen atoms in total. The van der Waals surface area contributed by atoms with E-state index >= 15 is 0 Å². The van der Waals surface area contributed by atoms with Crippen molar-refractivity contribution in [1.29, 1.82) is 0 Å². The molecule has 3 aromatic rings. The van der Waals surface area contributed by atoms with Gasteiger partial charge in [-0.05, 0) is 68.0 Å². The maximum Gasteiger partial charge on any atom is 0.230 e. The van der Waals surface area contributed by atoms with E-state index in [2.05, 4.69) is 41.4 Å². The Morgan fingerprint density at radius 2 is 1.97 bits per heavy atom. The lowest BCUT2D eigenvalue weighted by molar-refractivity contribution is -0.118. The Labute approximate surface area is 206 Å². The summed E-state index contributed by atoms with van der Waals surface area (Å²) in [4.78, 5) is 21.1. The molecule has 1 aliphatic carbocycles. The highest BCUT2D eigenvalue weighted by molar-refractivity contribution is 8.00. The van der Waals surface area contributed by atoms with E-state index in [4.69, 9.17) is 16.6 Å². The molecular formula is C27H32ClN3OS. The van der Waals surface area contributed by atoms with Crippen molar-refractivity contribution < 1.29 is 4.79 Å². The van der Waals surface area contributed by atoms with Gasteiger partial charge in [-0.1, -0.05) is 48.9 Å². The number of benzene rings is 2. The molecule has 1 heterocycles. The minimum Gasteiger partial charge on any atom is -0.355 e. The first-order valence-electron chi connectivity index (χ1n) is 11.9. The van der Waals surface area contributed by atoms with Crippen LogP contribution in [0.4, 0.5) is 0 Å². The second kappa shape index (κ2) is 11.9. The normalized spacial score (nSPS) is 13.3. The van der Waals surface area contributed by atoms with E-state index in [1.165, 1.54) is 34.6 Å². The van der Waals surface area contributed by atoms with E-state index in [1.54, 1.807) is 11.8 Å². The molecule has 6 heteroatoms. The summed E-state index contributed by atoms with van der Waals surface area (Å²) in [5.41, 5.74) is 4.80. The van der Waals surface area contributed by atoms with Crippen LogP contribution < -0.4 is 5.32 Å². The Balaban J connectivity index is 1.30. The number of nitrogens with one attached hydrogen (secondary N) is 1. The minimum atomic E-state index is 0.0858. The number of carbonyl (C=O) groups excluding carboxylic acids is 1. The molecule has 4 rings (SSSR count). The highest BCUT2D eigenvalue weighted by Crippen LogP contribution is 2.37. The van der Waals surface area contributed by atoms with Crippen molar-refractivity contribution in [1.82, 2.24) is 15.2 Å². The lowest BCUT2D eigenvalue weighted by Crippen LogP contribution is -2.30. The molecule has 0 aliphatic heterocycles. The molecule has 2 aromatic carbocycles. The quantitative estimate of drug-likeness (QED) is 0.290. The molecule has 0 saturated carbocycles. The first-order valence-corrected chi connectivity index (χ1v) is 13.3. The third-order valence-electron chi connectivity index (χ3n) is 6.19. The van der Waals surface area contributed by atoms with Crippen molar-refractivity contribution >= 4 is 40.2 Å². The molecule has 1 aliphatic rings. The molecule has 174 valence electrons. The van der Waals surface area contributed by atoms with Crippen LogP contribution >= 0.6 is 23.4 Å². The third-order valence-corrected chi connectivity index (χ3v) is 7.59. The Morgan fingerprint density at radius 1 is 1.15 bits per heavy atom. The van der Waals surface area contributed by atoms with Gasteiger partial charge in [0.25, 0.3) is 0 Å². The lowest BCUT2D eigenvalue weighted by Gasteiger charge is -2.21. The van der Waals surface area contributed by atoms with Gasteiger partial charge in [0.05, 0.1) is 11.3 Å². The van der Waals surface area contributed by atoms with E-state index in [0.717, 1.165) is 49.8 Å². The van der Waals surface area contributed by atoms with E-state index in [0.29, 0.717) is 17.3 Å². The van der Waals surface area contributed by atoms with E-state index < -0.39 is 0 Å². The zero-order chi connectivity index (χ0) is 23.0. The Kier molecular flexibility index (Phi) is 8.65. The topological polar surface area (TPSA) is 45.2 Å². The molecule has 1 N–H and O–H groups in total. The van der Waals surface area contributed by atoms with Gasteiger partial charge in [0.15, 0.2) is 0 Å². The van der Waals surface area contributed by atoms with Crippen LogP contribution in [-0.4, -0.2) is 41.2 Å². The maximum absolute atomic E-state index is 12.6. The number of aryl methyl sites for hydroxylation is 1. The van der Waals surface area contributed by atoms with Crippen LogP contribution in [0, 0.1) is 0 Å². The summed E-state index contributed by atoms with van der Waals surface area (Å²) < 4.78 is 0. The summed E-state index contributed by atoms with van der Waals surface area (Å²) in [6.45, 7) is 5.81. The number of pyridine rings is 1. The predicted octanol–water partition coefficient (Wildman–Crippen LogP) is 5.89. The molecule has 0 radical (unpaired) electrons. The van der Waals surface area contributed by atoms with Gasteiger partial charge in [-0.2, -0.15) is 0 Å². The molecule has 0 bridgehead atoms. The van der Waals surface area contributed by atoms with Crippen molar-refractivity contribution in [3.8, 4) is 0 Å². The van der Waals surface area contributed by atoms with Gasteiger partial charge in [-0.25, -0.2) is 0 Å². The molecular weight excluding hydrogens is 450 g/mol. The van der Waals surface area contributed by atoms with Gasteiger partial charge >= 0.3 is 0 Å². The molecule has 0 unspecified atom stereocenters. The number of hydrogen-bond donors (Lipinski definition) is 1. The van der Waals surface area contributed by atoms with Crippen LogP contribution in [0.1, 0.15) is 43.0 Å². The largest absolute Gasteiger partial charge is 0.355 e. The summed E-state index contributed by atoms with van der Waals surface area (Å²) in [5.74, 6) is 0.502. The number of thioether (sulfide) groups is 1. The average Bonchev–Trinajstić information content (AvgIpc) is 2.84. The zero-order valence-corrected chi connectivity index (χ0v) is 20.9. The Morgan fingerprint density at radius 3 is 2.79 bits per heavy atom. The number of nitrogens with zero attached hydrogens (tertiary/aromatic N) is 2. The van der Waals surface area contributed by atoms with Crippen LogP contribution in [0.15, 0.2) is 53.4 Å². The maximum atomic E-state index is 12.6. The highest BCUT2D eigenvalue weighted by atomic mass is 35.5. The fraction of sp³-hybridized carbons (Fsp3) is 0.407. The van der Waals surface area contributed by atoms with Gasteiger partial charge in [-0.3, -0.25) is 14.7 Å². The van der Waals surface area contributed by atoms with Crippen molar-refractivity contribution in [3.05, 3.63) is 70.4 Å². The molecule has 0 atom stereocenters. The van der Waals surface area contributed by atoms with Crippen LogP contribution in [0.3, 0.4) is 0 Å². The summed E-state index contributed by atoms with van der Waals surface area (Å²) >= 11 is 7.92. The van der Waals surface area contributed by atoms with E-state index in [9.17, 15) is 4.79 Å². The van der Waals surface area contributed by atoms with Crippen LogP contribution in [0.5, 0.6) is 0 Å².